The van der Waals surface area contributed by atoms with Gasteiger partial charge in [0.1, 0.15) is 0 Å². The van der Waals surface area contributed by atoms with Crippen LogP contribution in [0, 0.1) is 5.92 Å². The monoisotopic (exact) mass is 423 g/mol. The number of esters is 1. The number of aliphatic carboxylic acids is 1. The SMILES string of the molecule is CCC(Cc1ccccc1)C(=O)O.CCCC(=O)OCC.CCOc1nccs1. The fourth-order valence-electron chi connectivity index (χ4n) is 2.15. The number of thiazole rings is 1. The molecule has 0 saturated carbocycles. The van der Waals surface area contributed by atoms with Gasteiger partial charge >= 0.3 is 11.9 Å². The lowest BCUT2D eigenvalue weighted by Crippen LogP contribution is -2.15. The average Bonchev–Trinajstić information content (AvgIpc) is 3.22. The number of nitrogens with zero attached hydrogens (tertiary/aromatic N) is 1. The van der Waals surface area contributed by atoms with Crippen LogP contribution in [-0.4, -0.2) is 35.2 Å². The summed E-state index contributed by atoms with van der Waals surface area (Å²) in [4.78, 5) is 25.1. The van der Waals surface area contributed by atoms with E-state index in [1.54, 1.807) is 6.20 Å². The number of benzene rings is 1. The number of carbonyl (C=O) groups excluding carboxylic acids is 1. The fourth-order valence-corrected chi connectivity index (χ4v) is 2.69. The zero-order chi connectivity index (χ0) is 21.9. The Kier molecular flexibility index (Phi) is 16.2. The zero-order valence-electron chi connectivity index (χ0n) is 17.8. The van der Waals surface area contributed by atoms with Gasteiger partial charge < -0.3 is 14.6 Å². The summed E-state index contributed by atoms with van der Waals surface area (Å²) in [7, 11) is 0. The molecule has 0 fully saturated rings. The molecule has 1 aromatic carbocycles. The second kappa shape index (κ2) is 17.7. The van der Waals surface area contributed by atoms with Crippen LogP contribution in [0.1, 0.15) is 52.5 Å². The smallest absolute Gasteiger partial charge is 0.306 e. The van der Waals surface area contributed by atoms with Gasteiger partial charge in [-0.1, -0.05) is 55.5 Å². The van der Waals surface area contributed by atoms with Crippen molar-refractivity contribution in [2.75, 3.05) is 13.2 Å². The zero-order valence-corrected chi connectivity index (χ0v) is 18.6. The minimum Gasteiger partial charge on any atom is -0.481 e. The Balaban J connectivity index is 0.000000427. The van der Waals surface area contributed by atoms with Crippen molar-refractivity contribution in [3.8, 4) is 5.19 Å². The van der Waals surface area contributed by atoms with Crippen LogP contribution in [0.5, 0.6) is 5.19 Å². The first-order valence-electron chi connectivity index (χ1n) is 9.92. The molecule has 162 valence electrons. The number of carboxylic acid groups (broad SMARTS) is 1. The minimum atomic E-state index is -0.702. The lowest BCUT2D eigenvalue weighted by molar-refractivity contribution is -0.143. The fraction of sp³-hybridized carbons (Fsp3) is 0.500. The molecule has 0 spiro atoms. The summed E-state index contributed by atoms with van der Waals surface area (Å²) >= 11 is 1.51. The molecule has 0 radical (unpaired) electrons. The van der Waals surface area contributed by atoms with Crippen LogP contribution in [0.3, 0.4) is 0 Å². The van der Waals surface area contributed by atoms with E-state index in [4.69, 9.17) is 9.84 Å². The quantitative estimate of drug-likeness (QED) is 0.556. The summed E-state index contributed by atoms with van der Waals surface area (Å²) in [6, 6.07) is 9.73. The molecule has 1 heterocycles. The molecular formula is C22H33NO5S. The molecule has 29 heavy (non-hydrogen) atoms. The molecular weight excluding hydrogens is 390 g/mol. The van der Waals surface area contributed by atoms with E-state index >= 15 is 0 Å². The first kappa shape index (κ1) is 26.6. The second-order valence-electron chi connectivity index (χ2n) is 5.92. The van der Waals surface area contributed by atoms with Crippen molar-refractivity contribution in [1.29, 1.82) is 0 Å². The van der Waals surface area contributed by atoms with Gasteiger partial charge in [-0.3, -0.25) is 9.59 Å². The Morgan fingerprint density at radius 2 is 1.79 bits per heavy atom. The van der Waals surface area contributed by atoms with E-state index in [0.717, 1.165) is 17.2 Å². The van der Waals surface area contributed by atoms with Crippen LogP contribution in [0.15, 0.2) is 41.9 Å². The average molecular weight is 424 g/mol. The predicted octanol–water partition coefficient (Wildman–Crippen LogP) is 5.23. The minimum absolute atomic E-state index is 0.0880. The molecule has 1 aromatic heterocycles. The van der Waals surface area contributed by atoms with E-state index in [9.17, 15) is 9.59 Å². The van der Waals surface area contributed by atoms with Crippen molar-refractivity contribution in [1.82, 2.24) is 4.98 Å². The van der Waals surface area contributed by atoms with Crippen molar-refractivity contribution in [2.24, 2.45) is 5.92 Å². The summed E-state index contributed by atoms with van der Waals surface area (Å²) < 4.78 is 9.70. The number of ether oxygens (including phenoxy) is 2. The van der Waals surface area contributed by atoms with Gasteiger partial charge in [-0.05, 0) is 38.7 Å². The Bertz CT molecular complexity index is 638. The van der Waals surface area contributed by atoms with Gasteiger partial charge in [0.2, 0.25) is 0 Å². The van der Waals surface area contributed by atoms with Crippen LogP contribution in [-0.2, 0) is 20.7 Å². The molecule has 0 bridgehead atoms. The van der Waals surface area contributed by atoms with E-state index in [0.29, 0.717) is 32.5 Å². The van der Waals surface area contributed by atoms with Crippen LogP contribution < -0.4 is 4.74 Å². The van der Waals surface area contributed by atoms with Gasteiger partial charge in [-0.15, -0.1) is 0 Å². The van der Waals surface area contributed by atoms with E-state index < -0.39 is 5.97 Å². The molecule has 0 saturated heterocycles. The first-order valence-corrected chi connectivity index (χ1v) is 10.8. The topological polar surface area (TPSA) is 85.7 Å². The van der Waals surface area contributed by atoms with Gasteiger partial charge in [0.05, 0.1) is 19.1 Å². The highest BCUT2D eigenvalue weighted by atomic mass is 32.1. The second-order valence-corrected chi connectivity index (χ2v) is 6.78. The van der Waals surface area contributed by atoms with Gasteiger partial charge in [0, 0.05) is 18.0 Å². The summed E-state index contributed by atoms with van der Waals surface area (Å²) in [5.41, 5.74) is 1.09. The Morgan fingerprint density at radius 1 is 1.10 bits per heavy atom. The van der Waals surface area contributed by atoms with E-state index in [1.807, 2.05) is 63.4 Å². The maximum absolute atomic E-state index is 10.7. The number of carbonyl (C=O) groups is 2. The lowest BCUT2D eigenvalue weighted by Gasteiger charge is -2.08. The molecule has 0 aliphatic heterocycles. The molecule has 1 unspecified atom stereocenters. The Labute approximate surface area is 177 Å². The summed E-state index contributed by atoms with van der Waals surface area (Å²) in [6.45, 7) is 8.82. The standard InChI is InChI=1S/C11H14O2.C6H12O2.C5H7NOS/c1-2-10(11(12)13)8-9-6-4-3-5-7-9;1-3-5-6(7)8-4-2;1-2-7-5-6-3-4-8-5/h3-7,10H,2,8H2,1H3,(H,12,13);3-5H2,1-2H3;3-4H,2H2,1H3. The molecule has 1 atom stereocenters. The van der Waals surface area contributed by atoms with Gasteiger partial charge in [0.25, 0.3) is 5.19 Å². The summed E-state index contributed by atoms with van der Waals surface area (Å²) in [5.74, 6) is -1.04. The van der Waals surface area contributed by atoms with Crippen molar-refractivity contribution in [3.05, 3.63) is 47.5 Å². The largest absolute Gasteiger partial charge is 0.481 e. The van der Waals surface area contributed by atoms with Crippen molar-refractivity contribution >= 4 is 23.3 Å². The van der Waals surface area contributed by atoms with Gasteiger partial charge in [0.15, 0.2) is 0 Å². The summed E-state index contributed by atoms with van der Waals surface area (Å²) in [5, 5.41) is 11.5. The third kappa shape index (κ3) is 14.3. The molecule has 2 aromatic rings. The van der Waals surface area contributed by atoms with Crippen molar-refractivity contribution in [2.45, 2.75) is 53.4 Å². The number of carboxylic acids is 1. The Morgan fingerprint density at radius 3 is 2.24 bits per heavy atom. The predicted molar refractivity (Wildman–Crippen MR) is 116 cm³/mol. The van der Waals surface area contributed by atoms with Crippen LogP contribution in [0.2, 0.25) is 0 Å². The molecule has 1 N–H and O–H groups in total. The highest BCUT2D eigenvalue weighted by molar-refractivity contribution is 7.11. The van der Waals surface area contributed by atoms with E-state index in [-0.39, 0.29) is 11.9 Å². The van der Waals surface area contributed by atoms with Crippen LogP contribution >= 0.6 is 11.3 Å². The Hall–Kier alpha value is -2.41. The molecule has 0 aliphatic rings. The molecule has 0 aliphatic carbocycles. The van der Waals surface area contributed by atoms with Crippen LogP contribution in [0.25, 0.3) is 0 Å². The number of rotatable bonds is 9. The molecule has 7 heteroatoms. The van der Waals surface area contributed by atoms with Crippen molar-refractivity contribution in [3.63, 3.8) is 0 Å². The van der Waals surface area contributed by atoms with E-state index in [2.05, 4.69) is 9.72 Å². The third-order valence-corrected chi connectivity index (χ3v) is 4.29. The van der Waals surface area contributed by atoms with Gasteiger partial charge in [-0.25, -0.2) is 4.98 Å². The molecule has 2 rings (SSSR count). The number of hydrogen-bond donors (Lipinski definition) is 1. The maximum Gasteiger partial charge on any atom is 0.306 e. The van der Waals surface area contributed by atoms with Gasteiger partial charge in [-0.2, -0.15) is 0 Å². The molecule has 0 amide bonds. The lowest BCUT2D eigenvalue weighted by atomic mass is 9.97. The number of hydrogen-bond acceptors (Lipinski definition) is 6. The van der Waals surface area contributed by atoms with Crippen LogP contribution in [0.4, 0.5) is 0 Å². The highest BCUT2D eigenvalue weighted by Crippen LogP contribution is 2.12. The van der Waals surface area contributed by atoms with Crippen molar-refractivity contribution < 1.29 is 24.2 Å². The molecule has 6 nitrogen and oxygen atoms in total. The van der Waals surface area contributed by atoms with E-state index in [1.165, 1.54) is 11.3 Å². The summed E-state index contributed by atoms with van der Waals surface area (Å²) in [6.07, 6.45) is 4.47. The maximum atomic E-state index is 10.7. The first-order chi connectivity index (χ1) is 14.0. The normalized spacial score (nSPS) is 10.5. The third-order valence-electron chi connectivity index (χ3n) is 3.60. The highest BCUT2D eigenvalue weighted by Gasteiger charge is 2.14. The number of aromatic nitrogens is 1.